The maximum atomic E-state index is 12.1. The van der Waals surface area contributed by atoms with Gasteiger partial charge in [0.05, 0.1) is 18.8 Å². The lowest BCUT2D eigenvalue weighted by atomic mass is 9.74. The lowest BCUT2D eigenvalue weighted by Crippen LogP contribution is -2.37. The molecule has 0 amide bonds. The number of esters is 1. The van der Waals surface area contributed by atoms with Gasteiger partial charge in [-0.1, -0.05) is 45.7 Å². The highest BCUT2D eigenvalue weighted by Crippen LogP contribution is 2.34. The van der Waals surface area contributed by atoms with Gasteiger partial charge in [0, 0.05) is 10.4 Å². The molecule has 0 saturated carbocycles. The molecule has 0 aliphatic carbocycles. The lowest BCUT2D eigenvalue weighted by molar-refractivity contribution is -0.0179. The fourth-order valence-electron chi connectivity index (χ4n) is 2.29. The molecule has 1 aromatic carbocycles. The molecule has 1 aromatic rings. The van der Waals surface area contributed by atoms with Crippen molar-refractivity contribution in [2.24, 2.45) is 17.3 Å². The first-order valence-electron chi connectivity index (χ1n) is 7.84. The van der Waals surface area contributed by atoms with Crippen molar-refractivity contribution in [1.82, 2.24) is 0 Å². The quantitative estimate of drug-likeness (QED) is 0.712. The van der Waals surface area contributed by atoms with Gasteiger partial charge in [-0.25, -0.2) is 4.79 Å². The largest absolute Gasteiger partial charge is 0.461 e. The number of aliphatic hydroxyl groups is 1. The molecule has 0 spiro atoms. The number of ether oxygens (including phenoxy) is 1. The normalized spacial score (nSPS) is 14.2. The molecule has 0 aliphatic rings. The number of carbonyl (C=O) groups excluding carboxylic acids is 1. The average molecular weight is 327 g/mol. The van der Waals surface area contributed by atoms with E-state index in [0.717, 1.165) is 12.8 Å². The number of hydrogen-bond donors (Lipinski definition) is 1. The highest BCUT2D eigenvalue weighted by atomic mass is 35.5. The summed E-state index contributed by atoms with van der Waals surface area (Å²) >= 11 is 5.82. The van der Waals surface area contributed by atoms with Crippen LogP contribution in [0.2, 0.25) is 5.02 Å². The van der Waals surface area contributed by atoms with Crippen LogP contribution in [0.5, 0.6) is 0 Å². The van der Waals surface area contributed by atoms with Crippen LogP contribution < -0.4 is 0 Å². The summed E-state index contributed by atoms with van der Waals surface area (Å²) in [5.41, 5.74) is 0.0932. The van der Waals surface area contributed by atoms with Crippen molar-refractivity contribution >= 4 is 17.6 Å². The van der Waals surface area contributed by atoms with Crippen molar-refractivity contribution in [3.63, 3.8) is 0 Å². The molecule has 0 aromatic heterocycles. The second-order valence-electron chi connectivity index (χ2n) is 6.69. The molecule has 0 radical (unpaired) electrons. The molecule has 0 bridgehead atoms. The van der Waals surface area contributed by atoms with E-state index >= 15 is 0 Å². The summed E-state index contributed by atoms with van der Waals surface area (Å²) in [6.45, 7) is 8.68. The van der Waals surface area contributed by atoms with Gasteiger partial charge < -0.3 is 9.84 Å². The minimum Gasteiger partial charge on any atom is -0.461 e. The fourth-order valence-corrected chi connectivity index (χ4v) is 2.42. The van der Waals surface area contributed by atoms with Gasteiger partial charge in [-0.15, -0.1) is 0 Å². The fraction of sp³-hybridized carbons (Fsp3) is 0.611. The molecule has 4 heteroatoms. The van der Waals surface area contributed by atoms with E-state index in [1.807, 2.05) is 0 Å². The van der Waals surface area contributed by atoms with Crippen molar-refractivity contribution < 1.29 is 14.6 Å². The first kappa shape index (κ1) is 19.0. The Labute approximate surface area is 138 Å². The van der Waals surface area contributed by atoms with Crippen molar-refractivity contribution in [3.05, 3.63) is 34.9 Å². The summed E-state index contributed by atoms with van der Waals surface area (Å²) in [4.78, 5) is 12.1. The molecular formula is C18H27ClO3. The maximum absolute atomic E-state index is 12.1. The molecule has 3 nitrogen and oxygen atoms in total. The minimum absolute atomic E-state index is 0.0191. The number of benzene rings is 1. The Morgan fingerprint density at radius 3 is 2.27 bits per heavy atom. The standard InChI is InChI=1S/C18H27ClO3/c1-13(2)9-10-18(11-20,14(3)4)12-22-17(21)15-5-7-16(19)8-6-15/h5-8,13-14,20H,9-12H2,1-4H3. The van der Waals surface area contributed by atoms with Gasteiger partial charge in [-0.2, -0.15) is 0 Å². The predicted molar refractivity (Wildman–Crippen MR) is 90.2 cm³/mol. The Hall–Kier alpha value is -1.06. The van der Waals surface area contributed by atoms with Crippen LogP contribution >= 0.6 is 11.6 Å². The molecular weight excluding hydrogens is 300 g/mol. The third kappa shape index (κ3) is 5.29. The van der Waals surface area contributed by atoms with Gasteiger partial charge in [0.25, 0.3) is 0 Å². The highest BCUT2D eigenvalue weighted by molar-refractivity contribution is 6.30. The second kappa shape index (κ2) is 8.54. The number of aliphatic hydroxyl groups excluding tert-OH is 1. The first-order valence-corrected chi connectivity index (χ1v) is 8.22. The molecule has 1 rings (SSSR count). The summed E-state index contributed by atoms with van der Waals surface area (Å²) in [7, 11) is 0. The molecule has 0 aliphatic heterocycles. The highest BCUT2D eigenvalue weighted by Gasteiger charge is 2.34. The van der Waals surface area contributed by atoms with Gasteiger partial charge in [0.2, 0.25) is 0 Å². The Bertz CT molecular complexity index is 468. The molecule has 0 saturated heterocycles. The van der Waals surface area contributed by atoms with Gasteiger partial charge in [0.1, 0.15) is 0 Å². The summed E-state index contributed by atoms with van der Waals surface area (Å²) in [6.07, 6.45) is 1.84. The van der Waals surface area contributed by atoms with Crippen LogP contribution in [0, 0.1) is 17.3 Å². The molecule has 1 atom stereocenters. The Morgan fingerprint density at radius 1 is 1.23 bits per heavy atom. The molecule has 124 valence electrons. The monoisotopic (exact) mass is 326 g/mol. The van der Waals surface area contributed by atoms with Gasteiger partial charge >= 0.3 is 5.97 Å². The van der Waals surface area contributed by atoms with E-state index in [-0.39, 0.29) is 30.5 Å². The predicted octanol–water partition coefficient (Wildman–Crippen LogP) is 4.57. The first-order chi connectivity index (χ1) is 10.3. The van der Waals surface area contributed by atoms with Crippen molar-refractivity contribution in [2.75, 3.05) is 13.2 Å². The third-order valence-corrected chi connectivity index (χ3v) is 4.58. The van der Waals surface area contributed by atoms with Crippen LogP contribution in [0.1, 0.15) is 50.9 Å². The zero-order valence-corrected chi connectivity index (χ0v) is 14.7. The summed E-state index contributed by atoms with van der Waals surface area (Å²) < 4.78 is 5.48. The molecule has 1 unspecified atom stereocenters. The van der Waals surface area contributed by atoms with Crippen LogP contribution in [-0.2, 0) is 4.74 Å². The molecule has 22 heavy (non-hydrogen) atoms. The van der Waals surface area contributed by atoms with Gasteiger partial charge in [0.15, 0.2) is 0 Å². The smallest absolute Gasteiger partial charge is 0.338 e. The van der Waals surface area contributed by atoms with E-state index in [9.17, 15) is 9.90 Å². The molecule has 0 heterocycles. The van der Waals surface area contributed by atoms with Crippen LogP contribution in [0.3, 0.4) is 0 Å². The van der Waals surface area contributed by atoms with E-state index in [0.29, 0.717) is 16.5 Å². The van der Waals surface area contributed by atoms with Gasteiger partial charge in [-0.3, -0.25) is 0 Å². The maximum Gasteiger partial charge on any atom is 0.338 e. The van der Waals surface area contributed by atoms with Crippen molar-refractivity contribution in [1.29, 1.82) is 0 Å². The summed E-state index contributed by atoms with van der Waals surface area (Å²) in [5.74, 6) is 0.408. The number of hydrogen-bond acceptors (Lipinski definition) is 3. The van der Waals surface area contributed by atoms with Crippen LogP contribution in [-0.4, -0.2) is 24.3 Å². The number of halogens is 1. The van der Waals surface area contributed by atoms with E-state index in [2.05, 4.69) is 27.7 Å². The third-order valence-electron chi connectivity index (χ3n) is 4.33. The van der Waals surface area contributed by atoms with Crippen LogP contribution in [0.4, 0.5) is 0 Å². The number of rotatable bonds is 8. The van der Waals surface area contributed by atoms with E-state index in [1.54, 1.807) is 24.3 Å². The Kier molecular flexibility index (Phi) is 7.37. The molecule has 0 fully saturated rings. The average Bonchev–Trinajstić information content (AvgIpc) is 2.47. The van der Waals surface area contributed by atoms with Crippen molar-refractivity contribution in [3.8, 4) is 0 Å². The van der Waals surface area contributed by atoms with E-state index in [1.165, 1.54) is 0 Å². The number of carbonyl (C=O) groups is 1. The van der Waals surface area contributed by atoms with Crippen LogP contribution in [0.15, 0.2) is 24.3 Å². The van der Waals surface area contributed by atoms with Gasteiger partial charge in [-0.05, 0) is 42.5 Å². The SMILES string of the molecule is CC(C)CCC(CO)(COC(=O)c1ccc(Cl)cc1)C(C)C. The summed E-state index contributed by atoms with van der Waals surface area (Å²) in [5, 5.41) is 10.5. The van der Waals surface area contributed by atoms with Crippen LogP contribution in [0.25, 0.3) is 0 Å². The summed E-state index contributed by atoms with van der Waals surface area (Å²) in [6, 6.07) is 6.63. The Balaban J connectivity index is 2.73. The lowest BCUT2D eigenvalue weighted by Gasteiger charge is -2.36. The zero-order valence-electron chi connectivity index (χ0n) is 13.9. The topological polar surface area (TPSA) is 46.5 Å². The Morgan fingerprint density at radius 2 is 1.82 bits per heavy atom. The van der Waals surface area contributed by atoms with E-state index in [4.69, 9.17) is 16.3 Å². The van der Waals surface area contributed by atoms with Crippen molar-refractivity contribution in [2.45, 2.75) is 40.5 Å². The zero-order chi connectivity index (χ0) is 16.8. The second-order valence-corrected chi connectivity index (χ2v) is 7.13. The molecule has 1 N–H and O–H groups in total. The minimum atomic E-state index is -0.383. The van der Waals surface area contributed by atoms with E-state index < -0.39 is 0 Å².